The van der Waals surface area contributed by atoms with Crippen molar-refractivity contribution in [3.8, 4) is 0 Å². The summed E-state index contributed by atoms with van der Waals surface area (Å²) in [6.45, 7) is 1.45. The first kappa shape index (κ1) is 15.7. The van der Waals surface area contributed by atoms with Crippen molar-refractivity contribution in [3.05, 3.63) is 0 Å². The Labute approximate surface area is 111 Å². The predicted octanol–water partition coefficient (Wildman–Crippen LogP) is -1.04. The van der Waals surface area contributed by atoms with Crippen molar-refractivity contribution < 1.29 is 27.9 Å². The van der Waals surface area contributed by atoms with Gasteiger partial charge in [-0.25, -0.2) is 18.0 Å². The molecule has 1 aliphatic heterocycles. The molecule has 0 spiro atoms. The van der Waals surface area contributed by atoms with Crippen LogP contribution in [-0.4, -0.2) is 62.3 Å². The van der Waals surface area contributed by atoms with Crippen LogP contribution in [0.4, 0.5) is 4.79 Å². The minimum atomic E-state index is -3.14. The number of urea groups is 1. The molecule has 0 aromatic rings. The summed E-state index contributed by atoms with van der Waals surface area (Å²) < 4.78 is 27.4. The van der Waals surface area contributed by atoms with Crippen LogP contribution in [0.1, 0.15) is 13.3 Å². The number of hydrogen-bond donors (Lipinski definition) is 3. The Balaban J connectivity index is 2.58. The molecular weight excluding hydrogens is 276 g/mol. The quantitative estimate of drug-likeness (QED) is 0.595. The van der Waals surface area contributed by atoms with E-state index in [1.165, 1.54) is 7.11 Å². The van der Waals surface area contributed by atoms with Gasteiger partial charge < -0.3 is 20.5 Å². The maximum atomic E-state index is 11.7. The van der Waals surface area contributed by atoms with Crippen LogP contribution in [0, 0.1) is 0 Å². The molecule has 1 heterocycles. The van der Waals surface area contributed by atoms with E-state index in [0.717, 1.165) is 0 Å². The second kappa shape index (κ2) is 5.74. The molecule has 3 N–H and O–H groups in total. The zero-order valence-electron chi connectivity index (χ0n) is 10.8. The normalized spacial score (nSPS) is 26.6. The van der Waals surface area contributed by atoms with Crippen molar-refractivity contribution in [2.24, 2.45) is 0 Å². The van der Waals surface area contributed by atoms with E-state index in [9.17, 15) is 18.0 Å². The molecule has 0 aromatic carbocycles. The Kier molecular flexibility index (Phi) is 4.75. The molecule has 1 rings (SSSR count). The summed E-state index contributed by atoms with van der Waals surface area (Å²) >= 11 is 0. The topological polar surface area (TPSA) is 122 Å². The van der Waals surface area contributed by atoms with Gasteiger partial charge in [-0.15, -0.1) is 0 Å². The maximum absolute atomic E-state index is 11.7. The number of ether oxygens (including phenoxy) is 1. The van der Waals surface area contributed by atoms with Gasteiger partial charge in [-0.3, -0.25) is 0 Å². The minimum absolute atomic E-state index is 0.0181. The molecule has 2 amide bonds. The van der Waals surface area contributed by atoms with Gasteiger partial charge in [0, 0.05) is 7.11 Å². The number of carbonyl (C=O) groups excluding carboxylic acids is 1. The first-order chi connectivity index (χ1) is 8.67. The number of carboxylic acid groups (broad SMARTS) is 1. The van der Waals surface area contributed by atoms with Crippen molar-refractivity contribution in [1.82, 2.24) is 10.6 Å². The van der Waals surface area contributed by atoms with Crippen LogP contribution in [0.15, 0.2) is 0 Å². The molecule has 19 heavy (non-hydrogen) atoms. The number of methoxy groups -OCH3 is 1. The van der Waals surface area contributed by atoms with Crippen molar-refractivity contribution in [2.75, 3.05) is 25.2 Å². The molecule has 0 bridgehead atoms. The second-order valence-electron chi connectivity index (χ2n) is 4.85. The summed E-state index contributed by atoms with van der Waals surface area (Å²) in [5, 5.41) is 13.6. The molecule has 0 aromatic heterocycles. The number of amides is 2. The summed E-state index contributed by atoms with van der Waals surface area (Å²) in [6, 6.07) is -1.89. The minimum Gasteiger partial charge on any atom is -0.480 e. The van der Waals surface area contributed by atoms with Crippen LogP contribution < -0.4 is 10.6 Å². The SMILES string of the molecule is COCC(NC(=O)NC1(C)CCS(=O)(=O)C1)C(=O)O. The Bertz CT molecular complexity index is 463. The molecule has 110 valence electrons. The van der Waals surface area contributed by atoms with E-state index in [-0.39, 0.29) is 18.1 Å². The second-order valence-corrected chi connectivity index (χ2v) is 7.03. The average molecular weight is 294 g/mol. The molecule has 0 radical (unpaired) electrons. The summed E-state index contributed by atoms with van der Waals surface area (Å²) in [7, 11) is -1.82. The summed E-state index contributed by atoms with van der Waals surface area (Å²) in [4.78, 5) is 22.5. The highest BCUT2D eigenvalue weighted by molar-refractivity contribution is 7.91. The first-order valence-corrected chi connectivity index (χ1v) is 7.50. The van der Waals surface area contributed by atoms with Crippen molar-refractivity contribution in [1.29, 1.82) is 0 Å². The molecule has 1 saturated heterocycles. The van der Waals surface area contributed by atoms with Gasteiger partial charge in [0.05, 0.1) is 23.7 Å². The first-order valence-electron chi connectivity index (χ1n) is 5.68. The molecule has 9 heteroatoms. The summed E-state index contributed by atoms with van der Waals surface area (Å²) in [6.07, 6.45) is 0.310. The molecular formula is C10H18N2O6S. The third-order valence-corrected chi connectivity index (χ3v) is 4.76. The highest BCUT2D eigenvalue weighted by atomic mass is 32.2. The highest BCUT2D eigenvalue weighted by Crippen LogP contribution is 2.22. The number of carbonyl (C=O) groups is 2. The lowest BCUT2D eigenvalue weighted by Crippen LogP contribution is -2.55. The summed E-state index contributed by atoms with van der Waals surface area (Å²) in [5.74, 6) is -1.35. The van der Waals surface area contributed by atoms with Crippen molar-refractivity contribution >= 4 is 21.8 Å². The number of nitrogens with one attached hydrogen (secondary N) is 2. The largest absolute Gasteiger partial charge is 0.480 e. The molecule has 0 aliphatic carbocycles. The average Bonchev–Trinajstić information content (AvgIpc) is 2.51. The number of rotatable bonds is 5. The monoisotopic (exact) mass is 294 g/mol. The molecule has 2 atom stereocenters. The van der Waals surface area contributed by atoms with Crippen LogP contribution in [0.25, 0.3) is 0 Å². The van der Waals surface area contributed by atoms with Gasteiger partial charge in [0.1, 0.15) is 0 Å². The Morgan fingerprint density at radius 2 is 2.11 bits per heavy atom. The van der Waals surface area contributed by atoms with Gasteiger partial charge in [-0.2, -0.15) is 0 Å². The van der Waals surface area contributed by atoms with E-state index < -0.39 is 33.4 Å². The van der Waals surface area contributed by atoms with Gasteiger partial charge in [0.25, 0.3) is 0 Å². The van der Waals surface area contributed by atoms with E-state index in [1.54, 1.807) is 6.92 Å². The van der Waals surface area contributed by atoms with E-state index in [2.05, 4.69) is 15.4 Å². The molecule has 0 saturated carbocycles. The molecule has 2 unspecified atom stereocenters. The molecule has 8 nitrogen and oxygen atoms in total. The van der Waals surface area contributed by atoms with Crippen LogP contribution in [-0.2, 0) is 19.4 Å². The Morgan fingerprint density at radius 1 is 1.47 bits per heavy atom. The zero-order chi connectivity index (χ0) is 14.7. The standard InChI is InChI=1S/C10H18N2O6S/c1-10(3-4-19(16,17)6-10)12-9(15)11-7(5-18-2)8(13)14/h7H,3-6H2,1-2H3,(H,13,14)(H2,11,12,15). The lowest BCUT2D eigenvalue weighted by atomic mass is 10.0. The third kappa shape index (κ3) is 4.67. The van der Waals surface area contributed by atoms with Crippen molar-refractivity contribution in [2.45, 2.75) is 24.9 Å². The van der Waals surface area contributed by atoms with Crippen LogP contribution in [0.2, 0.25) is 0 Å². The van der Waals surface area contributed by atoms with Gasteiger partial charge in [0.15, 0.2) is 15.9 Å². The van der Waals surface area contributed by atoms with Gasteiger partial charge in [-0.05, 0) is 13.3 Å². The fourth-order valence-electron chi connectivity index (χ4n) is 1.92. The van der Waals surface area contributed by atoms with Crippen LogP contribution in [0.5, 0.6) is 0 Å². The van der Waals surface area contributed by atoms with E-state index in [1.807, 2.05) is 0 Å². The van der Waals surface area contributed by atoms with E-state index in [0.29, 0.717) is 6.42 Å². The lowest BCUT2D eigenvalue weighted by molar-refractivity contribution is -0.140. The van der Waals surface area contributed by atoms with Gasteiger partial charge in [0.2, 0.25) is 0 Å². The molecule has 1 aliphatic rings. The fourth-order valence-corrected chi connectivity index (χ4v) is 4.01. The van der Waals surface area contributed by atoms with Gasteiger partial charge in [-0.1, -0.05) is 0 Å². The van der Waals surface area contributed by atoms with Gasteiger partial charge >= 0.3 is 12.0 Å². The Hall–Kier alpha value is -1.35. The zero-order valence-corrected chi connectivity index (χ0v) is 11.6. The maximum Gasteiger partial charge on any atom is 0.328 e. The smallest absolute Gasteiger partial charge is 0.328 e. The number of sulfone groups is 1. The highest BCUT2D eigenvalue weighted by Gasteiger charge is 2.39. The number of hydrogen-bond acceptors (Lipinski definition) is 5. The molecule has 1 fully saturated rings. The fraction of sp³-hybridized carbons (Fsp3) is 0.800. The number of carboxylic acids is 1. The predicted molar refractivity (Wildman–Crippen MR) is 66.6 cm³/mol. The number of aliphatic carboxylic acids is 1. The van der Waals surface area contributed by atoms with Crippen molar-refractivity contribution in [3.63, 3.8) is 0 Å². The van der Waals surface area contributed by atoms with Crippen LogP contribution >= 0.6 is 0 Å². The Morgan fingerprint density at radius 3 is 2.53 bits per heavy atom. The summed E-state index contributed by atoms with van der Waals surface area (Å²) in [5.41, 5.74) is -0.862. The van der Waals surface area contributed by atoms with E-state index >= 15 is 0 Å². The van der Waals surface area contributed by atoms with Crippen LogP contribution in [0.3, 0.4) is 0 Å². The lowest BCUT2D eigenvalue weighted by Gasteiger charge is -2.25. The third-order valence-electron chi connectivity index (χ3n) is 2.86. The van der Waals surface area contributed by atoms with E-state index in [4.69, 9.17) is 5.11 Å².